The van der Waals surface area contributed by atoms with Crippen LogP contribution in [-0.2, 0) is 29.4 Å². The van der Waals surface area contributed by atoms with Crippen molar-refractivity contribution >= 4 is 23.3 Å². The molecule has 11 heteroatoms. The van der Waals surface area contributed by atoms with E-state index in [-0.39, 0.29) is 24.0 Å². The Bertz CT molecular complexity index is 1030. The van der Waals surface area contributed by atoms with E-state index in [1.54, 1.807) is 13.0 Å². The van der Waals surface area contributed by atoms with E-state index in [1.165, 1.54) is 23.8 Å². The summed E-state index contributed by atoms with van der Waals surface area (Å²) in [6.45, 7) is 6.32. The average molecular weight is 431 g/mol. The monoisotopic (exact) mass is 431 g/mol. The summed E-state index contributed by atoms with van der Waals surface area (Å²) in [6.07, 6.45) is -2.71. The Morgan fingerprint density at radius 3 is 2.74 bits per heavy atom. The third-order valence-corrected chi connectivity index (χ3v) is 5.53. The van der Waals surface area contributed by atoms with Crippen LogP contribution in [0.15, 0.2) is 18.5 Å². The molecule has 0 amide bonds. The van der Waals surface area contributed by atoms with Crippen LogP contribution in [0.5, 0.6) is 0 Å². The molecule has 166 valence electrons. The summed E-state index contributed by atoms with van der Waals surface area (Å²) in [7, 11) is 0. The van der Waals surface area contributed by atoms with Gasteiger partial charge in [-0.2, -0.15) is 10.4 Å². The number of carbonyl (C=O) groups excluding carboxylic acids is 2. The second-order valence-electron chi connectivity index (χ2n) is 7.85. The smallest absolute Gasteiger partial charge is 0.309 e. The number of hydrogen-bond donors (Lipinski definition) is 2. The number of esters is 2. The van der Waals surface area contributed by atoms with Crippen molar-refractivity contribution in [3.8, 4) is 6.07 Å². The first kappa shape index (κ1) is 22.5. The average Bonchev–Trinajstić information content (AvgIpc) is 3.27. The van der Waals surface area contributed by atoms with Crippen molar-refractivity contribution < 1.29 is 28.9 Å². The number of nitrogens with zero attached hydrogens (tertiary/aromatic N) is 4. The number of nitrogen functional groups attached to an aromatic ring is 1. The van der Waals surface area contributed by atoms with E-state index in [2.05, 4.69) is 10.1 Å². The number of aromatic nitrogens is 3. The highest BCUT2D eigenvalue weighted by Crippen LogP contribution is 2.42. The lowest BCUT2D eigenvalue weighted by atomic mass is 9.92. The highest BCUT2D eigenvalue weighted by molar-refractivity contribution is 5.72. The van der Waals surface area contributed by atoms with Crippen LogP contribution in [0, 0.1) is 23.2 Å². The zero-order valence-corrected chi connectivity index (χ0v) is 17.7. The Balaban J connectivity index is 2.03. The van der Waals surface area contributed by atoms with Gasteiger partial charge in [0.05, 0.1) is 11.6 Å². The van der Waals surface area contributed by atoms with Gasteiger partial charge < -0.3 is 25.1 Å². The summed E-state index contributed by atoms with van der Waals surface area (Å²) in [5, 5.41) is 25.3. The van der Waals surface area contributed by atoms with Crippen molar-refractivity contribution in [1.29, 1.82) is 5.26 Å². The summed E-state index contributed by atoms with van der Waals surface area (Å²) in [5.41, 5.74) is 4.50. The fourth-order valence-corrected chi connectivity index (χ4v) is 3.39. The molecule has 31 heavy (non-hydrogen) atoms. The lowest BCUT2D eigenvalue weighted by Crippen LogP contribution is -2.44. The van der Waals surface area contributed by atoms with E-state index in [1.807, 2.05) is 19.9 Å². The van der Waals surface area contributed by atoms with Crippen LogP contribution in [-0.4, -0.2) is 56.6 Å². The Morgan fingerprint density at radius 1 is 1.42 bits per heavy atom. The minimum Gasteiger partial charge on any atom is -0.463 e. The number of carbonyl (C=O) groups is 2. The summed E-state index contributed by atoms with van der Waals surface area (Å²) in [6, 6.07) is 5.10. The SMILES string of the molecule is CC(=O)OC[C@H]1O[C@@](C#N)(c2ccc3c(N)ncnn23)[C@H](O)[C@@H]1OC(=O)[C@@H](C)C(C)C. The molecule has 0 saturated carbocycles. The van der Waals surface area contributed by atoms with Gasteiger partial charge in [-0.25, -0.2) is 9.50 Å². The lowest BCUT2D eigenvalue weighted by Gasteiger charge is -2.25. The van der Waals surface area contributed by atoms with Crippen molar-refractivity contribution in [2.45, 2.75) is 51.6 Å². The lowest BCUT2D eigenvalue weighted by molar-refractivity contribution is -0.164. The largest absolute Gasteiger partial charge is 0.463 e. The highest BCUT2D eigenvalue weighted by Gasteiger charge is 2.60. The molecule has 0 aromatic carbocycles. The molecule has 5 atom stereocenters. The summed E-state index contributed by atoms with van der Waals surface area (Å²) < 4.78 is 17.8. The van der Waals surface area contributed by atoms with Crippen molar-refractivity contribution in [3.63, 3.8) is 0 Å². The summed E-state index contributed by atoms with van der Waals surface area (Å²) >= 11 is 0. The van der Waals surface area contributed by atoms with Crippen molar-refractivity contribution in [2.75, 3.05) is 12.3 Å². The zero-order valence-electron chi connectivity index (χ0n) is 17.7. The van der Waals surface area contributed by atoms with Crippen LogP contribution >= 0.6 is 0 Å². The molecule has 0 spiro atoms. The molecule has 2 aromatic rings. The topological polar surface area (TPSA) is 162 Å². The Morgan fingerprint density at radius 2 is 2.13 bits per heavy atom. The predicted molar refractivity (Wildman–Crippen MR) is 106 cm³/mol. The molecule has 3 rings (SSSR count). The first-order valence-corrected chi connectivity index (χ1v) is 9.82. The molecule has 1 aliphatic heterocycles. The molecule has 0 radical (unpaired) electrons. The normalized spacial score (nSPS) is 26.5. The van der Waals surface area contributed by atoms with Crippen LogP contribution in [0.3, 0.4) is 0 Å². The number of anilines is 1. The van der Waals surface area contributed by atoms with Gasteiger partial charge in [-0.3, -0.25) is 9.59 Å². The Labute approximate surface area is 178 Å². The van der Waals surface area contributed by atoms with Crippen LogP contribution in [0.25, 0.3) is 5.52 Å². The van der Waals surface area contributed by atoms with E-state index < -0.39 is 41.8 Å². The Hall–Kier alpha value is -3.23. The van der Waals surface area contributed by atoms with E-state index in [4.69, 9.17) is 19.9 Å². The van der Waals surface area contributed by atoms with Crippen LogP contribution in [0.2, 0.25) is 0 Å². The summed E-state index contributed by atoms with van der Waals surface area (Å²) in [5.74, 6) is -1.43. The first-order chi connectivity index (χ1) is 14.6. The second-order valence-corrected chi connectivity index (χ2v) is 7.85. The third-order valence-electron chi connectivity index (χ3n) is 5.53. The molecular formula is C20H25N5O6. The molecule has 3 N–H and O–H groups in total. The number of hydrogen-bond acceptors (Lipinski definition) is 10. The van der Waals surface area contributed by atoms with Crippen LogP contribution < -0.4 is 5.73 Å². The molecule has 1 aliphatic rings. The fourth-order valence-electron chi connectivity index (χ4n) is 3.39. The molecule has 2 aromatic heterocycles. The number of aliphatic hydroxyl groups excluding tert-OH is 1. The van der Waals surface area contributed by atoms with E-state index in [9.17, 15) is 20.0 Å². The second kappa shape index (κ2) is 8.49. The number of ether oxygens (including phenoxy) is 3. The number of nitrogens with two attached hydrogens (primary N) is 1. The van der Waals surface area contributed by atoms with Gasteiger partial charge in [-0.05, 0) is 18.1 Å². The van der Waals surface area contributed by atoms with Crippen molar-refractivity contribution in [1.82, 2.24) is 14.6 Å². The van der Waals surface area contributed by atoms with Gasteiger partial charge in [0.2, 0.25) is 5.60 Å². The van der Waals surface area contributed by atoms with Gasteiger partial charge in [0.1, 0.15) is 36.7 Å². The van der Waals surface area contributed by atoms with Gasteiger partial charge in [0.25, 0.3) is 0 Å². The molecule has 0 unspecified atom stereocenters. The number of aliphatic hydroxyl groups is 1. The van der Waals surface area contributed by atoms with Crippen molar-refractivity contribution in [2.24, 2.45) is 11.8 Å². The molecule has 1 saturated heterocycles. The third kappa shape index (κ3) is 3.92. The minimum absolute atomic E-state index is 0.00569. The summed E-state index contributed by atoms with van der Waals surface area (Å²) in [4.78, 5) is 27.8. The maximum absolute atomic E-state index is 12.6. The van der Waals surface area contributed by atoms with Crippen molar-refractivity contribution in [3.05, 3.63) is 24.2 Å². The standard InChI is InChI=1S/C20H25N5O6/c1-10(2)11(3)19(28)30-16-14(7-29-12(4)26)31-20(8-21,17(16)27)15-6-5-13-18(22)23-9-24-25(13)15/h5-6,9-11,14,16-17,27H,7H2,1-4H3,(H2,22,23,24)/t11-,14+,16+,17+,20-/m0/s1. The van der Waals surface area contributed by atoms with Crippen LogP contribution in [0.4, 0.5) is 5.82 Å². The predicted octanol–water partition coefficient (Wildman–Crippen LogP) is 0.557. The van der Waals surface area contributed by atoms with E-state index >= 15 is 0 Å². The first-order valence-electron chi connectivity index (χ1n) is 9.82. The molecule has 1 fully saturated rings. The molecule has 0 bridgehead atoms. The fraction of sp³-hybridized carbons (Fsp3) is 0.550. The maximum Gasteiger partial charge on any atom is 0.309 e. The van der Waals surface area contributed by atoms with Gasteiger partial charge in [0, 0.05) is 6.92 Å². The minimum atomic E-state index is -1.95. The zero-order chi connectivity index (χ0) is 22.9. The van der Waals surface area contributed by atoms with Gasteiger partial charge >= 0.3 is 11.9 Å². The Kier molecular flexibility index (Phi) is 6.15. The quantitative estimate of drug-likeness (QED) is 0.618. The maximum atomic E-state index is 12.6. The molecule has 0 aliphatic carbocycles. The van der Waals surface area contributed by atoms with E-state index in [0.29, 0.717) is 5.52 Å². The molecule has 11 nitrogen and oxygen atoms in total. The van der Waals surface area contributed by atoms with Gasteiger partial charge in [-0.1, -0.05) is 20.8 Å². The molecule has 3 heterocycles. The van der Waals surface area contributed by atoms with Gasteiger partial charge in [0.15, 0.2) is 11.9 Å². The number of nitriles is 1. The number of fused-ring (bicyclic) bond motifs is 1. The van der Waals surface area contributed by atoms with Gasteiger partial charge in [-0.15, -0.1) is 0 Å². The number of rotatable bonds is 6. The highest BCUT2D eigenvalue weighted by atomic mass is 16.6. The van der Waals surface area contributed by atoms with E-state index in [0.717, 1.165) is 0 Å². The molecular weight excluding hydrogens is 406 g/mol. The van der Waals surface area contributed by atoms with Crippen LogP contribution in [0.1, 0.15) is 33.4 Å².